The zero-order valence-corrected chi connectivity index (χ0v) is 7.04. The van der Waals surface area contributed by atoms with Gasteiger partial charge in [-0.05, 0) is 18.8 Å². The van der Waals surface area contributed by atoms with E-state index in [-0.39, 0.29) is 0 Å². The van der Waals surface area contributed by atoms with Crippen LogP contribution < -0.4 is 0 Å². The Hall–Kier alpha value is 0. The topological polar surface area (TPSA) is 0 Å². The third kappa shape index (κ3) is 8.00. The number of hydrogen-bond donors (Lipinski definition) is 0. The van der Waals surface area contributed by atoms with Crippen molar-refractivity contribution >= 4 is 0 Å². The molecule has 9 heavy (non-hydrogen) atoms. The van der Waals surface area contributed by atoms with E-state index in [9.17, 15) is 0 Å². The molecule has 0 N–H and O–H groups in total. The van der Waals surface area contributed by atoms with Crippen molar-refractivity contribution in [1.29, 1.82) is 0 Å². The van der Waals surface area contributed by atoms with E-state index in [0.29, 0.717) is 5.41 Å². The molecule has 0 heteroatoms. The summed E-state index contributed by atoms with van der Waals surface area (Å²) in [5.41, 5.74) is 0.301. The van der Waals surface area contributed by atoms with Crippen molar-refractivity contribution in [2.24, 2.45) is 5.41 Å². The quantitative estimate of drug-likeness (QED) is 0.507. The van der Waals surface area contributed by atoms with Crippen LogP contribution in [0.2, 0.25) is 0 Å². The minimum absolute atomic E-state index is 0.301. The highest BCUT2D eigenvalue weighted by Gasteiger charge is 2.07. The summed E-state index contributed by atoms with van der Waals surface area (Å²) in [6.07, 6.45) is 5.28. The zero-order chi connectivity index (χ0) is 7.33. The molecule has 0 heterocycles. The molecule has 0 saturated carbocycles. The Morgan fingerprint density at radius 3 is 2.11 bits per heavy atom. The van der Waals surface area contributed by atoms with Gasteiger partial charge >= 0.3 is 0 Å². The van der Waals surface area contributed by atoms with Crippen molar-refractivity contribution in [1.82, 2.24) is 0 Å². The molecule has 0 atom stereocenters. The van der Waals surface area contributed by atoms with Gasteiger partial charge in [-0.15, -0.1) is 0 Å². The number of rotatable bonds is 4. The molecule has 0 nitrogen and oxygen atoms in total. The Kier molecular flexibility index (Phi) is 3.92. The van der Waals surface area contributed by atoms with Crippen LogP contribution in [0.3, 0.4) is 0 Å². The van der Waals surface area contributed by atoms with E-state index >= 15 is 0 Å². The van der Waals surface area contributed by atoms with Crippen molar-refractivity contribution in [3.63, 3.8) is 0 Å². The fraction of sp³-hybridized carbons (Fsp3) is 0.889. The summed E-state index contributed by atoms with van der Waals surface area (Å²) in [4.78, 5) is 0. The van der Waals surface area contributed by atoms with Gasteiger partial charge in [0.05, 0.1) is 0 Å². The van der Waals surface area contributed by atoms with Gasteiger partial charge in [0.1, 0.15) is 0 Å². The summed E-state index contributed by atoms with van der Waals surface area (Å²) in [5.74, 6) is 0. The molecule has 0 aromatic carbocycles. The largest absolute Gasteiger partial charge is 0.0654 e. The minimum atomic E-state index is 0.301. The first kappa shape index (κ1) is 9.00. The predicted octanol–water partition coefficient (Wildman–Crippen LogP) is 3.43. The van der Waals surface area contributed by atoms with Gasteiger partial charge in [-0.2, -0.15) is 0 Å². The molecule has 0 aromatic heterocycles. The summed E-state index contributed by atoms with van der Waals surface area (Å²) in [5, 5.41) is 0. The molecule has 0 spiro atoms. The van der Waals surface area contributed by atoms with Gasteiger partial charge in [0.2, 0.25) is 0 Å². The molecule has 0 bridgehead atoms. The molecule has 0 aromatic rings. The van der Waals surface area contributed by atoms with Crippen LogP contribution in [0, 0.1) is 12.3 Å². The Morgan fingerprint density at radius 2 is 1.78 bits per heavy atom. The Bertz CT molecular complexity index is 56.9. The molecule has 0 amide bonds. The maximum Gasteiger partial charge on any atom is -0.0354 e. The van der Waals surface area contributed by atoms with E-state index in [1.54, 1.807) is 0 Å². The predicted molar refractivity (Wildman–Crippen MR) is 43.3 cm³/mol. The second-order valence-electron chi connectivity index (χ2n) is 3.62. The van der Waals surface area contributed by atoms with E-state index < -0.39 is 0 Å². The van der Waals surface area contributed by atoms with Crippen LogP contribution in [0.4, 0.5) is 0 Å². The molecule has 0 rings (SSSR count). The standard InChI is InChI=1S/C9H19/c1-5-6-7-8-9(2,3)4/h2,5-8H2,1,3-4H3. The van der Waals surface area contributed by atoms with Crippen molar-refractivity contribution in [2.75, 3.05) is 0 Å². The number of hydrogen-bond acceptors (Lipinski definition) is 0. The Morgan fingerprint density at radius 1 is 1.22 bits per heavy atom. The van der Waals surface area contributed by atoms with Crippen molar-refractivity contribution in [3.8, 4) is 0 Å². The smallest absolute Gasteiger partial charge is 0.0354 e. The zero-order valence-electron chi connectivity index (χ0n) is 7.04. The highest BCUT2D eigenvalue weighted by Crippen LogP contribution is 2.21. The molecular formula is C9H19. The summed E-state index contributed by atoms with van der Waals surface area (Å²) in [7, 11) is 0. The Labute approximate surface area is 59.7 Å². The fourth-order valence-electron chi connectivity index (χ4n) is 0.854. The fourth-order valence-corrected chi connectivity index (χ4v) is 0.854. The van der Waals surface area contributed by atoms with Gasteiger partial charge < -0.3 is 0 Å². The summed E-state index contributed by atoms with van der Waals surface area (Å²) in [6.45, 7) is 10.7. The first-order chi connectivity index (χ1) is 4.06. The van der Waals surface area contributed by atoms with E-state index in [4.69, 9.17) is 0 Å². The highest BCUT2D eigenvalue weighted by atomic mass is 14.1. The van der Waals surface area contributed by atoms with E-state index in [1.807, 2.05) is 0 Å². The maximum absolute atomic E-state index is 4.04. The summed E-state index contributed by atoms with van der Waals surface area (Å²) in [6, 6.07) is 0. The molecule has 0 saturated heterocycles. The van der Waals surface area contributed by atoms with Gasteiger partial charge in [0, 0.05) is 0 Å². The number of unbranched alkanes of at least 4 members (excludes halogenated alkanes) is 2. The van der Waals surface area contributed by atoms with Crippen molar-refractivity contribution in [3.05, 3.63) is 6.92 Å². The Balaban J connectivity index is 3.07. The molecule has 0 fully saturated rings. The van der Waals surface area contributed by atoms with Crippen LogP contribution in [0.25, 0.3) is 0 Å². The second kappa shape index (κ2) is 3.92. The molecule has 0 aliphatic carbocycles. The van der Waals surface area contributed by atoms with Gasteiger partial charge in [-0.3, -0.25) is 0 Å². The van der Waals surface area contributed by atoms with E-state index in [2.05, 4.69) is 27.7 Å². The average Bonchev–Trinajstić information content (AvgIpc) is 1.63. The molecular weight excluding hydrogens is 108 g/mol. The minimum Gasteiger partial charge on any atom is -0.0654 e. The SMILES string of the molecule is [CH2]C(C)(C)CCCCC. The summed E-state index contributed by atoms with van der Waals surface area (Å²) >= 11 is 0. The lowest BCUT2D eigenvalue weighted by Gasteiger charge is -2.16. The van der Waals surface area contributed by atoms with Crippen LogP contribution in [-0.2, 0) is 0 Å². The lowest BCUT2D eigenvalue weighted by Crippen LogP contribution is -2.04. The lowest BCUT2D eigenvalue weighted by atomic mass is 9.90. The summed E-state index contributed by atoms with van der Waals surface area (Å²) < 4.78 is 0. The van der Waals surface area contributed by atoms with Crippen molar-refractivity contribution < 1.29 is 0 Å². The van der Waals surface area contributed by atoms with Crippen LogP contribution in [-0.4, -0.2) is 0 Å². The molecule has 0 aliphatic heterocycles. The van der Waals surface area contributed by atoms with E-state index in [0.717, 1.165) is 0 Å². The average molecular weight is 127 g/mol. The first-order valence-electron chi connectivity index (χ1n) is 3.91. The first-order valence-corrected chi connectivity index (χ1v) is 3.91. The van der Waals surface area contributed by atoms with Crippen molar-refractivity contribution in [2.45, 2.75) is 46.5 Å². The molecule has 55 valence electrons. The normalized spacial score (nSPS) is 12.0. The molecule has 1 radical (unpaired) electrons. The second-order valence-corrected chi connectivity index (χ2v) is 3.62. The van der Waals surface area contributed by atoms with Crippen LogP contribution in [0.1, 0.15) is 46.5 Å². The van der Waals surface area contributed by atoms with Gasteiger partial charge in [-0.25, -0.2) is 0 Å². The van der Waals surface area contributed by atoms with E-state index in [1.165, 1.54) is 25.7 Å². The van der Waals surface area contributed by atoms with Crippen LogP contribution in [0.15, 0.2) is 0 Å². The van der Waals surface area contributed by atoms with Gasteiger partial charge in [0.15, 0.2) is 0 Å². The lowest BCUT2D eigenvalue weighted by molar-refractivity contribution is 0.409. The maximum atomic E-state index is 4.04. The van der Waals surface area contributed by atoms with Crippen LogP contribution in [0.5, 0.6) is 0 Å². The highest BCUT2D eigenvalue weighted by molar-refractivity contribution is 4.69. The van der Waals surface area contributed by atoms with Crippen LogP contribution >= 0.6 is 0 Å². The molecule has 0 unspecified atom stereocenters. The van der Waals surface area contributed by atoms with Gasteiger partial charge in [0.25, 0.3) is 0 Å². The monoisotopic (exact) mass is 127 g/mol. The molecule has 0 aliphatic rings. The van der Waals surface area contributed by atoms with Gasteiger partial charge in [-0.1, -0.05) is 40.0 Å². The third-order valence-corrected chi connectivity index (χ3v) is 1.46. The third-order valence-electron chi connectivity index (χ3n) is 1.46.